The lowest BCUT2D eigenvalue weighted by Crippen LogP contribution is -2.49. The summed E-state index contributed by atoms with van der Waals surface area (Å²) in [5, 5.41) is 0.595. The van der Waals surface area contributed by atoms with Gasteiger partial charge in [0.15, 0.2) is 5.04 Å². The van der Waals surface area contributed by atoms with Gasteiger partial charge in [0.1, 0.15) is 5.92 Å². The fourth-order valence-corrected chi connectivity index (χ4v) is 4.18. The van der Waals surface area contributed by atoms with Crippen molar-refractivity contribution in [3.8, 4) is 0 Å². The van der Waals surface area contributed by atoms with E-state index >= 15 is 0 Å². The van der Waals surface area contributed by atoms with Crippen molar-refractivity contribution in [3.05, 3.63) is 40.8 Å². The van der Waals surface area contributed by atoms with Gasteiger partial charge in [-0.2, -0.15) is 14.3 Å². The Bertz CT molecular complexity index is 844. The summed E-state index contributed by atoms with van der Waals surface area (Å²) in [6.45, 7) is 4.39. The Hall–Kier alpha value is -2.41. The maximum Gasteiger partial charge on any atom is 0.500 e. The number of amides is 4. The van der Waals surface area contributed by atoms with E-state index < -0.39 is 5.92 Å². The van der Waals surface area contributed by atoms with Gasteiger partial charge in [0.05, 0.1) is 19.0 Å². The van der Waals surface area contributed by atoms with E-state index in [0.717, 1.165) is 16.2 Å². The van der Waals surface area contributed by atoms with Crippen molar-refractivity contribution in [2.24, 2.45) is 5.92 Å². The molecule has 0 aliphatic carbocycles. The van der Waals surface area contributed by atoms with Crippen molar-refractivity contribution in [1.29, 1.82) is 0 Å². The van der Waals surface area contributed by atoms with Gasteiger partial charge in [0.25, 0.3) is 5.91 Å². The van der Waals surface area contributed by atoms with Gasteiger partial charge in [-0.1, -0.05) is 18.2 Å². The van der Waals surface area contributed by atoms with Crippen LogP contribution in [0.1, 0.15) is 12.5 Å². The van der Waals surface area contributed by atoms with Crippen LogP contribution in [-0.2, 0) is 9.59 Å². The van der Waals surface area contributed by atoms with Crippen LogP contribution in [0, 0.1) is 12.8 Å². The molecule has 0 bridgehead atoms. The fourth-order valence-electron chi connectivity index (χ4n) is 3.05. The summed E-state index contributed by atoms with van der Waals surface area (Å²) >= 11 is 1.21. The highest BCUT2D eigenvalue weighted by Gasteiger charge is 2.48. The second kappa shape index (κ2) is 6.48. The molecule has 6 nitrogen and oxygen atoms in total. The van der Waals surface area contributed by atoms with Crippen molar-refractivity contribution >= 4 is 40.3 Å². The Labute approximate surface area is 150 Å². The zero-order valence-corrected chi connectivity index (χ0v) is 15.5. The summed E-state index contributed by atoms with van der Waals surface area (Å²) < 4.78 is 1.44. The number of anilines is 1. The molecule has 0 spiro atoms. The molecule has 3 rings (SSSR count). The molecule has 1 unspecified atom stereocenters. The predicted molar refractivity (Wildman–Crippen MR) is 97.7 cm³/mol. The van der Waals surface area contributed by atoms with Crippen LogP contribution in [0.5, 0.6) is 0 Å². The Morgan fingerprint density at radius 2 is 2.00 bits per heavy atom. The quantitative estimate of drug-likeness (QED) is 0.778. The third-order valence-corrected chi connectivity index (χ3v) is 5.75. The highest BCUT2D eigenvalue weighted by molar-refractivity contribution is 8.18. The average molecular weight is 358 g/mol. The molecule has 7 heteroatoms. The number of hydrogen-bond donors (Lipinski definition) is 0. The van der Waals surface area contributed by atoms with Gasteiger partial charge in [0, 0.05) is 12.2 Å². The lowest BCUT2D eigenvalue weighted by Gasteiger charge is -2.23. The number of fused-ring (bicyclic) bond motifs is 1. The Kier molecular flexibility index (Phi) is 4.51. The SMILES string of the molecule is CCN(C(=O)C1=CC2C(=O)N(C)C(=O)[N+](C)=C2S1)c1ccccc1C. The molecule has 1 aromatic rings. The molecule has 2 aliphatic rings. The minimum absolute atomic E-state index is 0.153. The number of urea groups is 1. The lowest BCUT2D eigenvalue weighted by molar-refractivity contribution is -0.403. The van der Waals surface area contributed by atoms with Gasteiger partial charge >= 0.3 is 11.9 Å². The second-order valence-electron chi connectivity index (χ2n) is 6.02. The molecule has 0 radical (unpaired) electrons. The molecule has 0 N–H and O–H groups in total. The van der Waals surface area contributed by atoms with Gasteiger partial charge in [0.2, 0.25) is 0 Å². The number of benzene rings is 1. The van der Waals surface area contributed by atoms with E-state index in [4.69, 9.17) is 0 Å². The zero-order valence-electron chi connectivity index (χ0n) is 14.6. The number of para-hydroxylation sites is 1. The smallest absolute Gasteiger partial charge is 0.308 e. The Morgan fingerprint density at radius 3 is 2.64 bits per heavy atom. The monoisotopic (exact) mass is 358 g/mol. The summed E-state index contributed by atoms with van der Waals surface area (Å²) in [7, 11) is 3.09. The van der Waals surface area contributed by atoms with Crippen LogP contribution in [0.2, 0.25) is 0 Å². The molecule has 25 heavy (non-hydrogen) atoms. The first-order valence-corrected chi connectivity index (χ1v) is 8.87. The topological polar surface area (TPSA) is 60.7 Å². The number of aryl methyl sites for hydroxylation is 1. The lowest BCUT2D eigenvalue weighted by atomic mass is 10.1. The van der Waals surface area contributed by atoms with E-state index in [1.165, 1.54) is 23.4 Å². The van der Waals surface area contributed by atoms with Crippen molar-refractivity contribution in [3.63, 3.8) is 0 Å². The van der Waals surface area contributed by atoms with E-state index in [1.54, 1.807) is 18.0 Å². The molecule has 130 valence electrons. The molecular formula is C18H20N3O3S+. The predicted octanol–water partition coefficient (Wildman–Crippen LogP) is 2.23. The van der Waals surface area contributed by atoms with Gasteiger partial charge in [-0.05, 0) is 43.3 Å². The first kappa shape index (κ1) is 17.4. The summed E-state index contributed by atoms with van der Waals surface area (Å²) in [4.78, 5) is 40.8. The van der Waals surface area contributed by atoms with Crippen LogP contribution in [0.4, 0.5) is 10.5 Å². The first-order chi connectivity index (χ1) is 11.9. The summed E-state index contributed by atoms with van der Waals surface area (Å²) in [5.74, 6) is -1.01. The maximum atomic E-state index is 13.0. The van der Waals surface area contributed by atoms with Crippen molar-refractivity contribution in [2.75, 3.05) is 25.5 Å². The van der Waals surface area contributed by atoms with E-state index in [1.807, 2.05) is 38.1 Å². The minimum atomic E-state index is -0.563. The molecule has 4 amide bonds. The van der Waals surface area contributed by atoms with E-state index in [0.29, 0.717) is 16.5 Å². The molecule has 1 aromatic carbocycles. The third kappa shape index (κ3) is 2.78. The van der Waals surface area contributed by atoms with E-state index in [-0.39, 0.29) is 17.8 Å². The van der Waals surface area contributed by atoms with Gasteiger partial charge < -0.3 is 4.90 Å². The second-order valence-corrected chi connectivity index (χ2v) is 7.09. The molecule has 2 aliphatic heterocycles. The highest BCUT2D eigenvalue weighted by Crippen LogP contribution is 2.37. The fraction of sp³-hybridized carbons (Fsp3) is 0.333. The molecule has 1 atom stereocenters. The van der Waals surface area contributed by atoms with Crippen molar-refractivity contribution in [2.45, 2.75) is 13.8 Å². The number of thioether (sulfide) groups is 1. The normalized spacial score (nSPS) is 19.9. The van der Waals surface area contributed by atoms with Crippen molar-refractivity contribution < 1.29 is 19.0 Å². The first-order valence-electron chi connectivity index (χ1n) is 8.06. The van der Waals surface area contributed by atoms with Crippen LogP contribution < -0.4 is 4.90 Å². The van der Waals surface area contributed by atoms with Crippen LogP contribution in [0.25, 0.3) is 0 Å². The van der Waals surface area contributed by atoms with Gasteiger partial charge in [-0.3, -0.25) is 4.79 Å². The molecule has 2 heterocycles. The van der Waals surface area contributed by atoms with Crippen LogP contribution in [-0.4, -0.2) is 53.0 Å². The number of imide groups is 1. The number of carbonyl (C=O) groups excluding carboxylic acids is 3. The third-order valence-electron chi connectivity index (χ3n) is 4.48. The standard InChI is InChI=1S/C18H20N3O3S/c1-5-21(13-9-7-6-8-11(13)2)16(23)14-10-12-15(22)19(3)18(24)20(4)17(12)25-14/h6-10,12H,5H2,1-4H3/q+1. The van der Waals surface area contributed by atoms with Crippen molar-refractivity contribution in [1.82, 2.24) is 4.90 Å². The molecule has 0 saturated carbocycles. The maximum absolute atomic E-state index is 13.0. The molecule has 0 fully saturated rings. The zero-order chi connectivity index (χ0) is 18.3. The number of rotatable bonds is 3. The van der Waals surface area contributed by atoms with Crippen LogP contribution >= 0.6 is 11.8 Å². The number of carbonyl (C=O) groups is 3. The van der Waals surface area contributed by atoms with E-state index in [2.05, 4.69) is 0 Å². The Morgan fingerprint density at radius 1 is 1.32 bits per heavy atom. The number of nitrogens with zero attached hydrogens (tertiary/aromatic N) is 3. The summed E-state index contributed by atoms with van der Waals surface area (Å²) in [6.07, 6.45) is 1.67. The molecular weight excluding hydrogens is 338 g/mol. The number of likely N-dealkylation sites (N-methyl/N-ethyl adjacent to an activating group) is 1. The summed E-state index contributed by atoms with van der Waals surface area (Å²) in [5.41, 5.74) is 1.86. The largest absolute Gasteiger partial charge is 0.500 e. The molecule has 0 aromatic heterocycles. The van der Waals surface area contributed by atoms with Gasteiger partial charge in [-0.15, -0.1) is 0 Å². The Balaban J connectivity index is 1.95. The number of hydrogen-bond acceptors (Lipinski definition) is 4. The van der Waals surface area contributed by atoms with Gasteiger partial charge in [-0.25, -0.2) is 4.79 Å². The minimum Gasteiger partial charge on any atom is -0.308 e. The van der Waals surface area contributed by atoms with Crippen LogP contribution in [0.15, 0.2) is 35.2 Å². The summed E-state index contributed by atoms with van der Waals surface area (Å²) in [6, 6.07) is 7.32. The molecule has 0 saturated heterocycles. The highest BCUT2D eigenvalue weighted by atomic mass is 32.2. The van der Waals surface area contributed by atoms with Crippen LogP contribution in [0.3, 0.4) is 0 Å². The average Bonchev–Trinajstić information content (AvgIpc) is 3.06. The van der Waals surface area contributed by atoms with E-state index in [9.17, 15) is 14.4 Å².